The number of hydrogen-bond acceptors (Lipinski definition) is 5. The summed E-state index contributed by atoms with van der Waals surface area (Å²) in [7, 11) is 0. The van der Waals surface area contributed by atoms with Gasteiger partial charge in [-0.2, -0.15) is 9.78 Å². The van der Waals surface area contributed by atoms with E-state index in [1.807, 2.05) is 27.7 Å². The number of carbonyl (C=O) groups excluding carboxylic acids is 1. The summed E-state index contributed by atoms with van der Waals surface area (Å²) in [5, 5.41) is 5.14. The molecule has 3 rings (SSSR count). The van der Waals surface area contributed by atoms with Crippen LogP contribution in [0.2, 0.25) is 0 Å². The van der Waals surface area contributed by atoms with Crippen LogP contribution in [-0.2, 0) is 4.74 Å². The molecule has 6 heteroatoms. The lowest BCUT2D eigenvalue weighted by Crippen LogP contribution is -2.27. The van der Waals surface area contributed by atoms with Crippen LogP contribution in [-0.4, -0.2) is 32.6 Å². The maximum absolute atomic E-state index is 12.4. The van der Waals surface area contributed by atoms with Gasteiger partial charge in [0.25, 0.3) is 0 Å². The highest BCUT2D eigenvalue weighted by Crippen LogP contribution is 2.30. The SMILES string of the molecule is Cc1nn(C(=O)OC(C)(C)C)c2ccnc(OC3CCCCC3)c12. The van der Waals surface area contributed by atoms with E-state index >= 15 is 0 Å². The Kier molecular flexibility index (Phi) is 4.47. The zero-order valence-electron chi connectivity index (χ0n) is 14.8. The maximum Gasteiger partial charge on any atom is 0.435 e. The summed E-state index contributed by atoms with van der Waals surface area (Å²) in [6, 6.07) is 1.77. The fraction of sp³-hybridized carbons (Fsp3) is 0.611. The van der Waals surface area contributed by atoms with E-state index in [1.54, 1.807) is 12.3 Å². The Labute approximate surface area is 142 Å². The van der Waals surface area contributed by atoms with Crippen molar-refractivity contribution in [2.45, 2.75) is 71.5 Å². The monoisotopic (exact) mass is 331 g/mol. The van der Waals surface area contributed by atoms with E-state index in [2.05, 4.69) is 10.1 Å². The van der Waals surface area contributed by atoms with Gasteiger partial charge in [-0.1, -0.05) is 6.42 Å². The van der Waals surface area contributed by atoms with Gasteiger partial charge in [-0.3, -0.25) is 0 Å². The normalized spacial score (nSPS) is 16.3. The number of fused-ring (bicyclic) bond motifs is 1. The molecule has 0 atom stereocenters. The van der Waals surface area contributed by atoms with Crippen LogP contribution < -0.4 is 4.74 Å². The van der Waals surface area contributed by atoms with Crippen molar-refractivity contribution in [1.29, 1.82) is 0 Å². The highest BCUT2D eigenvalue weighted by Gasteiger charge is 2.24. The second-order valence-corrected chi connectivity index (χ2v) is 7.37. The Morgan fingerprint density at radius 2 is 1.96 bits per heavy atom. The summed E-state index contributed by atoms with van der Waals surface area (Å²) >= 11 is 0. The molecule has 0 aromatic carbocycles. The standard InChI is InChI=1S/C18H25N3O3/c1-12-15-14(21(20-12)17(22)24-18(2,3)4)10-11-19-16(15)23-13-8-6-5-7-9-13/h10-11,13H,5-9H2,1-4H3. The molecular weight excluding hydrogens is 306 g/mol. The molecule has 0 radical (unpaired) electrons. The van der Waals surface area contributed by atoms with E-state index in [4.69, 9.17) is 9.47 Å². The number of ether oxygens (including phenoxy) is 2. The Morgan fingerprint density at radius 1 is 1.25 bits per heavy atom. The molecule has 130 valence electrons. The van der Waals surface area contributed by atoms with Gasteiger partial charge in [0.05, 0.1) is 16.6 Å². The fourth-order valence-electron chi connectivity index (χ4n) is 3.08. The van der Waals surface area contributed by atoms with Gasteiger partial charge in [-0.25, -0.2) is 9.78 Å². The van der Waals surface area contributed by atoms with Crippen molar-refractivity contribution < 1.29 is 14.3 Å². The molecule has 2 heterocycles. The van der Waals surface area contributed by atoms with Crippen LogP contribution in [0, 0.1) is 6.92 Å². The number of pyridine rings is 1. The molecule has 0 saturated heterocycles. The molecule has 1 aliphatic carbocycles. The van der Waals surface area contributed by atoms with E-state index in [-0.39, 0.29) is 6.10 Å². The van der Waals surface area contributed by atoms with Gasteiger partial charge in [-0.15, -0.1) is 0 Å². The topological polar surface area (TPSA) is 66.2 Å². The van der Waals surface area contributed by atoms with E-state index in [0.29, 0.717) is 11.4 Å². The molecule has 1 saturated carbocycles. The van der Waals surface area contributed by atoms with Crippen LogP contribution in [0.4, 0.5) is 4.79 Å². The largest absolute Gasteiger partial charge is 0.474 e. The minimum atomic E-state index is -0.572. The minimum Gasteiger partial charge on any atom is -0.474 e. The summed E-state index contributed by atoms with van der Waals surface area (Å²) in [4.78, 5) is 16.8. The smallest absolute Gasteiger partial charge is 0.435 e. The second kappa shape index (κ2) is 6.42. The van der Waals surface area contributed by atoms with Crippen molar-refractivity contribution in [1.82, 2.24) is 14.8 Å². The van der Waals surface area contributed by atoms with Gasteiger partial charge in [0.2, 0.25) is 5.88 Å². The van der Waals surface area contributed by atoms with E-state index in [1.165, 1.54) is 23.9 Å². The molecule has 0 aliphatic heterocycles. The summed E-state index contributed by atoms with van der Waals surface area (Å²) in [6.07, 6.45) is 7.12. The molecule has 24 heavy (non-hydrogen) atoms. The van der Waals surface area contributed by atoms with Gasteiger partial charge in [0.15, 0.2) is 0 Å². The summed E-state index contributed by atoms with van der Waals surface area (Å²) in [5.41, 5.74) is 0.815. The van der Waals surface area contributed by atoms with Crippen molar-refractivity contribution >= 4 is 17.0 Å². The minimum absolute atomic E-state index is 0.195. The first-order valence-electron chi connectivity index (χ1n) is 8.59. The second-order valence-electron chi connectivity index (χ2n) is 7.37. The summed E-state index contributed by atoms with van der Waals surface area (Å²) in [6.45, 7) is 7.37. The first-order chi connectivity index (χ1) is 11.3. The van der Waals surface area contributed by atoms with Gasteiger partial charge < -0.3 is 9.47 Å². The number of carbonyl (C=O) groups is 1. The van der Waals surface area contributed by atoms with Crippen molar-refractivity contribution in [2.24, 2.45) is 0 Å². The van der Waals surface area contributed by atoms with Crippen LogP contribution in [0.3, 0.4) is 0 Å². The van der Waals surface area contributed by atoms with E-state index < -0.39 is 11.7 Å². The average molecular weight is 331 g/mol. The molecule has 6 nitrogen and oxygen atoms in total. The Hall–Kier alpha value is -2.11. The van der Waals surface area contributed by atoms with Crippen LogP contribution in [0.25, 0.3) is 10.9 Å². The number of nitrogens with zero attached hydrogens (tertiary/aromatic N) is 3. The Balaban J connectivity index is 1.94. The van der Waals surface area contributed by atoms with Crippen LogP contribution in [0.15, 0.2) is 12.3 Å². The quantitative estimate of drug-likeness (QED) is 0.823. The molecule has 2 aromatic heterocycles. The number of aromatic nitrogens is 3. The van der Waals surface area contributed by atoms with Crippen LogP contribution in [0.5, 0.6) is 5.88 Å². The van der Waals surface area contributed by atoms with Crippen molar-refractivity contribution in [3.63, 3.8) is 0 Å². The van der Waals surface area contributed by atoms with Crippen LogP contribution >= 0.6 is 0 Å². The highest BCUT2D eigenvalue weighted by atomic mass is 16.6. The van der Waals surface area contributed by atoms with Crippen molar-refractivity contribution in [3.05, 3.63) is 18.0 Å². The number of aryl methyl sites for hydroxylation is 1. The Bertz CT molecular complexity index is 740. The lowest BCUT2D eigenvalue weighted by molar-refractivity contribution is 0.0522. The van der Waals surface area contributed by atoms with Gasteiger partial charge in [0.1, 0.15) is 11.7 Å². The number of hydrogen-bond donors (Lipinski definition) is 0. The molecule has 1 aliphatic rings. The lowest BCUT2D eigenvalue weighted by atomic mass is 9.98. The molecular formula is C18H25N3O3. The third kappa shape index (κ3) is 3.52. The Morgan fingerprint density at radius 3 is 2.62 bits per heavy atom. The molecule has 0 bridgehead atoms. The molecule has 0 spiro atoms. The molecule has 1 fully saturated rings. The van der Waals surface area contributed by atoms with Gasteiger partial charge in [-0.05, 0) is 59.4 Å². The molecule has 2 aromatic rings. The average Bonchev–Trinajstić information content (AvgIpc) is 2.85. The maximum atomic E-state index is 12.4. The first kappa shape index (κ1) is 16.7. The fourth-order valence-corrected chi connectivity index (χ4v) is 3.08. The number of rotatable bonds is 2. The first-order valence-corrected chi connectivity index (χ1v) is 8.59. The predicted molar refractivity (Wildman–Crippen MR) is 91.4 cm³/mol. The zero-order valence-corrected chi connectivity index (χ0v) is 14.8. The van der Waals surface area contributed by atoms with Crippen molar-refractivity contribution in [3.8, 4) is 5.88 Å². The summed E-state index contributed by atoms with van der Waals surface area (Å²) in [5.74, 6) is 0.562. The van der Waals surface area contributed by atoms with E-state index in [0.717, 1.165) is 23.9 Å². The van der Waals surface area contributed by atoms with Gasteiger partial charge >= 0.3 is 6.09 Å². The molecule has 0 unspecified atom stereocenters. The third-order valence-corrected chi connectivity index (χ3v) is 4.13. The summed E-state index contributed by atoms with van der Waals surface area (Å²) < 4.78 is 12.9. The lowest BCUT2D eigenvalue weighted by Gasteiger charge is -2.22. The van der Waals surface area contributed by atoms with Gasteiger partial charge in [0, 0.05) is 6.20 Å². The molecule has 0 N–H and O–H groups in total. The molecule has 0 amide bonds. The highest BCUT2D eigenvalue weighted by molar-refractivity contribution is 5.92. The van der Waals surface area contributed by atoms with Crippen LogP contribution in [0.1, 0.15) is 58.6 Å². The van der Waals surface area contributed by atoms with Crippen molar-refractivity contribution in [2.75, 3.05) is 0 Å². The van der Waals surface area contributed by atoms with E-state index in [9.17, 15) is 4.79 Å². The zero-order chi connectivity index (χ0) is 17.3. The third-order valence-electron chi connectivity index (χ3n) is 4.13. The predicted octanol–water partition coefficient (Wildman–Crippen LogP) is 4.23.